The number of halogens is 1. The fourth-order valence-electron chi connectivity index (χ4n) is 2.88. The van der Waals surface area contributed by atoms with Gasteiger partial charge in [-0.25, -0.2) is 4.79 Å². The zero-order chi connectivity index (χ0) is 12.6. The van der Waals surface area contributed by atoms with Crippen molar-refractivity contribution < 1.29 is 9.21 Å². The summed E-state index contributed by atoms with van der Waals surface area (Å²) in [5, 5.41) is 1.03. The van der Waals surface area contributed by atoms with Crippen molar-refractivity contribution in [2.75, 3.05) is 0 Å². The van der Waals surface area contributed by atoms with Crippen molar-refractivity contribution in [3.8, 4) is 0 Å². The largest absolute Gasteiger partial charge is 0.463 e. The lowest BCUT2D eigenvalue weighted by molar-refractivity contribution is 0.451. The van der Waals surface area contributed by atoms with Crippen molar-refractivity contribution in [2.45, 2.75) is 31.2 Å². The maximum absolute atomic E-state index is 10.7. The summed E-state index contributed by atoms with van der Waals surface area (Å²) in [6.07, 6.45) is 7.37. The molecule has 0 unspecified atom stereocenters. The summed E-state index contributed by atoms with van der Waals surface area (Å²) in [6, 6.07) is 5.99. The number of aliphatic imine (C=N–C) groups is 1. The first-order valence-corrected chi connectivity index (χ1v) is 6.81. The summed E-state index contributed by atoms with van der Waals surface area (Å²) in [4.78, 5) is 14.9. The minimum atomic E-state index is -0.432. The summed E-state index contributed by atoms with van der Waals surface area (Å²) in [6.45, 7) is 0. The van der Waals surface area contributed by atoms with E-state index >= 15 is 0 Å². The summed E-state index contributed by atoms with van der Waals surface area (Å²) < 4.78 is 6.56. The van der Waals surface area contributed by atoms with Gasteiger partial charge in [-0.2, -0.15) is 4.99 Å². The molecule has 1 fully saturated rings. The lowest BCUT2D eigenvalue weighted by atomic mass is 9.88. The zero-order valence-electron chi connectivity index (χ0n) is 9.78. The Kier molecular flexibility index (Phi) is 2.84. The highest BCUT2D eigenvalue weighted by atomic mass is 79.9. The van der Waals surface area contributed by atoms with Gasteiger partial charge in [0.2, 0.25) is 6.08 Å². The van der Waals surface area contributed by atoms with E-state index in [1.54, 1.807) is 12.3 Å². The van der Waals surface area contributed by atoms with Gasteiger partial charge in [-0.1, -0.05) is 25.0 Å². The first-order chi connectivity index (χ1) is 8.77. The van der Waals surface area contributed by atoms with E-state index in [4.69, 9.17) is 4.42 Å². The lowest BCUT2D eigenvalue weighted by Gasteiger charge is -2.22. The topological polar surface area (TPSA) is 42.6 Å². The average Bonchev–Trinajstić information content (AvgIpc) is 2.98. The second-order valence-electron chi connectivity index (χ2n) is 4.71. The zero-order valence-corrected chi connectivity index (χ0v) is 11.4. The Bertz CT molecular complexity index is 634. The lowest BCUT2D eigenvalue weighted by Crippen LogP contribution is -2.19. The first kappa shape index (κ1) is 11.7. The smallest absolute Gasteiger partial charge is 0.235 e. The molecule has 18 heavy (non-hydrogen) atoms. The van der Waals surface area contributed by atoms with E-state index in [-0.39, 0.29) is 0 Å². The van der Waals surface area contributed by atoms with Crippen LogP contribution in [-0.4, -0.2) is 6.08 Å². The highest BCUT2D eigenvalue weighted by Crippen LogP contribution is 2.45. The van der Waals surface area contributed by atoms with E-state index in [2.05, 4.69) is 20.9 Å². The van der Waals surface area contributed by atoms with Crippen molar-refractivity contribution in [1.29, 1.82) is 0 Å². The first-order valence-electron chi connectivity index (χ1n) is 6.02. The van der Waals surface area contributed by atoms with Crippen LogP contribution in [0, 0.1) is 0 Å². The minimum absolute atomic E-state index is 0.432. The predicted octanol–water partition coefficient (Wildman–Crippen LogP) is 4.30. The Labute approximate surface area is 113 Å². The second kappa shape index (κ2) is 4.38. The molecule has 0 atom stereocenters. The van der Waals surface area contributed by atoms with E-state index in [9.17, 15) is 4.79 Å². The molecule has 1 aliphatic carbocycles. The molecule has 92 valence electrons. The van der Waals surface area contributed by atoms with Crippen LogP contribution < -0.4 is 0 Å². The van der Waals surface area contributed by atoms with Crippen molar-refractivity contribution >= 4 is 33.0 Å². The molecule has 1 aromatic carbocycles. The number of para-hydroxylation sites is 1. The molecule has 1 aliphatic rings. The van der Waals surface area contributed by atoms with Crippen LogP contribution in [0.15, 0.2) is 38.3 Å². The van der Waals surface area contributed by atoms with Crippen LogP contribution in [0.2, 0.25) is 0 Å². The molecule has 3 nitrogen and oxygen atoms in total. The summed E-state index contributed by atoms with van der Waals surface area (Å²) in [5.74, 6) is 0. The van der Waals surface area contributed by atoms with Gasteiger partial charge in [-0.15, -0.1) is 0 Å². The molecule has 0 aliphatic heterocycles. The molecule has 1 saturated carbocycles. The third kappa shape index (κ3) is 1.64. The number of hydrogen-bond acceptors (Lipinski definition) is 3. The Morgan fingerprint density at radius 1 is 1.33 bits per heavy atom. The van der Waals surface area contributed by atoms with Crippen LogP contribution in [0.3, 0.4) is 0 Å². The van der Waals surface area contributed by atoms with Gasteiger partial charge in [0, 0.05) is 10.9 Å². The third-order valence-electron chi connectivity index (χ3n) is 3.74. The minimum Gasteiger partial charge on any atom is -0.463 e. The molecule has 3 rings (SSSR count). The van der Waals surface area contributed by atoms with Gasteiger partial charge < -0.3 is 4.42 Å². The normalized spacial score (nSPS) is 17.8. The number of carbonyl (C=O) groups excluding carboxylic acids is 1. The number of furan rings is 1. The molecule has 0 radical (unpaired) electrons. The van der Waals surface area contributed by atoms with E-state index in [1.165, 1.54) is 0 Å². The van der Waals surface area contributed by atoms with Crippen molar-refractivity contribution in [1.82, 2.24) is 0 Å². The molecule has 0 bridgehead atoms. The van der Waals surface area contributed by atoms with Crippen LogP contribution in [0.5, 0.6) is 0 Å². The summed E-state index contributed by atoms with van der Waals surface area (Å²) in [7, 11) is 0. The van der Waals surface area contributed by atoms with Gasteiger partial charge >= 0.3 is 0 Å². The Balaban J connectivity index is 2.27. The van der Waals surface area contributed by atoms with E-state index in [1.807, 2.05) is 18.2 Å². The number of isocyanates is 1. The predicted molar refractivity (Wildman–Crippen MR) is 72.2 cm³/mol. The van der Waals surface area contributed by atoms with Gasteiger partial charge in [0.05, 0.1) is 4.47 Å². The molecule has 1 aromatic heterocycles. The van der Waals surface area contributed by atoms with Gasteiger partial charge in [-0.3, -0.25) is 0 Å². The van der Waals surface area contributed by atoms with Gasteiger partial charge in [0.1, 0.15) is 17.4 Å². The van der Waals surface area contributed by atoms with E-state index < -0.39 is 5.54 Å². The van der Waals surface area contributed by atoms with E-state index in [0.29, 0.717) is 0 Å². The molecule has 0 amide bonds. The van der Waals surface area contributed by atoms with Crippen molar-refractivity contribution in [2.24, 2.45) is 4.99 Å². The van der Waals surface area contributed by atoms with Crippen LogP contribution in [-0.2, 0) is 10.3 Å². The number of hydrogen-bond donors (Lipinski definition) is 0. The monoisotopic (exact) mass is 305 g/mol. The Morgan fingerprint density at radius 3 is 2.83 bits per heavy atom. The second-order valence-corrected chi connectivity index (χ2v) is 5.56. The SMILES string of the molecule is O=C=NC1(c2cccc3c(Br)coc23)CCCC1. The summed E-state index contributed by atoms with van der Waals surface area (Å²) in [5.41, 5.74) is 1.40. The fraction of sp³-hybridized carbons (Fsp3) is 0.357. The highest BCUT2D eigenvalue weighted by molar-refractivity contribution is 9.10. The number of benzene rings is 1. The average molecular weight is 306 g/mol. The van der Waals surface area contributed by atoms with Gasteiger partial charge in [0.25, 0.3) is 0 Å². The highest BCUT2D eigenvalue weighted by Gasteiger charge is 2.38. The van der Waals surface area contributed by atoms with Crippen molar-refractivity contribution in [3.05, 3.63) is 34.5 Å². The molecule has 0 spiro atoms. The number of fused-ring (bicyclic) bond motifs is 1. The molecule has 0 N–H and O–H groups in total. The van der Waals surface area contributed by atoms with Gasteiger partial charge in [-0.05, 0) is 34.8 Å². The third-order valence-corrected chi connectivity index (χ3v) is 4.36. The number of rotatable bonds is 2. The molecular weight excluding hydrogens is 294 g/mol. The molecule has 1 heterocycles. The molecule has 2 aromatic rings. The number of nitrogens with zero attached hydrogens (tertiary/aromatic N) is 1. The fourth-order valence-corrected chi connectivity index (χ4v) is 3.29. The summed E-state index contributed by atoms with van der Waals surface area (Å²) >= 11 is 3.46. The van der Waals surface area contributed by atoms with Crippen LogP contribution >= 0.6 is 15.9 Å². The van der Waals surface area contributed by atoms with Crippen LogP contribution in [0.4, 0.5) is 0 Å². The van der Waals surface area contributed by atoms with E-state index in [0.717, 1.165) is 46.7 Å². The molecule has 4 heteroatoms. The molecular formula is C14H12BrNO2. The van der Waals surface area contributed by atoms with Crippen LogP contribution in [0.1, 0.15) is 31.2 Å². The maximum Gasteiger partial charge on any atom is 0.235 e. The Morgan fingerprint density at radius 2 is 2.11 bits per heavy atom. The Hall–Kier alpha value is -1.38. The standard InChI is InChI=1S/C14H12BrNO2/c15-12-8-18-13-10(12)4-3-5-11(13)14(16-9-17)6-1-2-7-14/h3-5,8H,1-2,6-7H2. The van der Waals surface area contributed by atoms with Crippen molar-refractivity contribution in [3.63, 3.8) is 0 Å². The van der Waals surface area contributed by atoms with Crippen LogP contribution in [0.25, 0.3) is 11.0 Å². The quantitative estimate of drug-likeness (QED) is 0.613. The molecule has 0 saturated heterocycles. The van der Waals surface area contributed by atoms with Gasteiger partial charge in [0.15, 0.2) is 0 Å². The maximum atomic E-state index is 10.7.